The molecule has 2 aromatic rings. The Balaban J connectivity index is 2.27. The molecule has 24 heavy (non-hydrogen) atoms. The van der Waals surface area contributed by atoms with E-state index >= 15 is 0 Å². The number of hydrogen-bond donors (Lipinski definition) is 0. The van der Waals surface area contributed by atoms with Crippen molar-refractivity contribution in [1.82, 2.24) is 4.98 Å². The number of carbonyl (C=O) groups excluding carboxylic acids is 1. The van der Waals surface area contributed by atoms with Gasteiger partial charge in [-0.2, -0.15) is 4.73 Å². The van der Waals surface area contributed by atoms with E-state index in [2.05, 4.69) is 4.98 Å². The summed E-state index contributed by atoms with van der Waals surface area (Å²) >= 11 is 7.27. The molecule has 1 atom stereocenters. The molecule has 130 valence electrons. The summed E-state index contributed by atoms with van der Waals surface area (Å²) in [5.41, 5.74) is 0.579. The van der Waals surface area contributed by atoms with Gasteiger partial charge in [0, 0.05) is 25.3 Å². The summed E-state index contributed by atoms with van der Waals surface area (Å²) in [6.45, 7) is 1.55. The van der Waals surface area contributed by atoms with Gasteiger partial charge >= 0.3 is 0 Å². The standard InChI is InChI=1S/C14H16ClN3O4S2/c1-9(8-24(3,21)22)13(19)17(2)14-11(15)16-12(23-14)10-5-4-6-18(20)7-10/h4-7,9H,8H2,1-3H3. The number of halogens is 1. The Morgan fingerprint density at radius 3 is 2.79 bits per heavy atom. The molecule has 0 radical (unpaired) electrons. The summed E-state index contributed by atoms with van der Waals surface area (Å²) in [6.07, 6.45) is 3.79. The molecule has 0 saturated heterocycles. The Morgan fingerprint density at radius 1 is 1.54 bits per heavy atom. The lowest BCUT2D eigenvalue weighted by atomic mass is 10.2. The topological polar surface area (TPSA) is 94.3 Å². The Morgan fingerprint density at radius 2 is 2.21 bits per heavy atom. The van der Waals surface area contributed by atoms with Crippen LogP contribution in [0.5, 0.6) is 0 Å². The molecule has 2 heterocycles. The molecular formula is C14H16ClN3O4S2. The molecule has 0 aromatic carbocycles. The normalized spacial score (nSPS) is 12.8. The monoisotopic (exact) mass is 389 g/mol. The van der Waals surface area contributed by atoms with Crippen molar-refractivity contribution < 1.29 is 17.9 Å². The highest BCUT2D eigenvalue weighted by molar-refractivity contribution is 7.90. The van der Waals surface area contributed by atoms with E-state index in [9.17, 15) is 18.4 Å². The molecule has 0 N–H and O–H groups in total. The molecule has 1 unspecified atom stereocenters. The molecule has 0 spiro atoms. The number of sulfone groups is 1. The van der Waals surface area contributed by atoms with E-state index in [-0.39, 0.29) is 16.8 Å². The maximum absolute atomic E-state index is 12.4. The lowest BCUT2D eigenvalue weighted by Crippen LogP contribution is -2.34. The predicted molar refractivity (Wildman–Crippen MR) is 93.8 cm³/mol. The number of thiazole rings is 1. The Kier molecular flexibility index (Phi) is 5.46. The van der Waals surface area contributed by atoms with Crippen molar-refractivity contribution in [2.45, 2.75) is 6.92 Å². The third kappa shape index (κ3) is 4.43. The highest BCUT2D eigenvalue weighted by Crippen LogP contribution is 2.37. The zero-order valence-corrected chi connectivity index (χ0v) is 15.7. The molecule has 0 saturated carbocycles. The van der Waals surface area contributed by atoms with Crippen molar-refractivity contribution in [3.8, 4) is 10.6 Å². The van der Waals surface area contributed by atoms with E-state index in [0.29, 0.717) is 20.3 Å². The van der Waals surface area contributed by atoms with Gasteiger partial charge in [-0.3, -0.25) is 4.79 Å². The van der Waals surface area contributed by atoms with Gasteiger partial charge in [0.05, 0.1) is 11.3 Å². The molecular weight excluding hydrogens is 374 g/mol. The first-order valence-corrected chi connectivity index (χ1v) is 10.1. The number of amides is 1. The van der Waals surface area contributed by atoms with Gasteiger partial charge < -0.3 is 10.1 Å². The second kappa shape index (κ2) is 7.04. The van der Waals surface area contributed by atoms with Crippen molar-refractivity contribution in [1.29, 1.82) is 0 Å². The lowest BCUT2D eigenvalue weighted by molar-refractivity contribution is -0.604. The number of rotatable bonds is 5. The molecule has 2 rings (SSSR count). The number of anilines is 1. The van der Waals surface area contributed by atoms with Crippen molar-refractivity contribution in [2.75, 3.05) is 24.0 Å². The highest BCUT2D eigenvalue weighted by Gasteiger charge is 2.26. The van der Waals surface area contributed by atoms with Crippen molar-refractivity contribution in [3.63, 3.8) is 0 Å². The van der Waals surface area contributed by atoms with Crippen LogP contribution < -0.4 is 9.63 Å². The van der Waals surface area contributed by atoms with Crippen LogP contribution in [0.3, 0.4) is 0 Å². The van der Waals surface area contributed by atoms with E-state index in [0.717, 1.165) is 17.6 Å². The van der Waals surface area contributed by atoms with Gasteiger partial charge in [-0.1, -0.05) is 29.9 Å². The average Bonchev–Trinajstić information content (AvgIpc) is 2.86. The van der Waals surface area contributed by atoms with E-state index in [1.165, 1.54) is 24.3 Å². The van der Waals surface area contributed by atoms with Gasteiger partial charge in [0.25, 0.3) is 0 Å². The van der Waals surface area contributed by atoms with Gasteiger partial charge in [0.2, 0.25) is 5.91 Å². The molecule has 0 bridgehead atoms. The quantitative estimate of drug-likeness (QED) is 0.573. The number of nitrogens with zero attached hydrogens (tertiary/aromatic N) is 3. The SMILES string of the molecule is CC(CS(C)(=O)=O)C(=O)N(C)c1sc(-c2ccc[n+]([O-])c2)nc1Cl. The second-order valence-electron chi connectivity index (χ2n) is 5.46. The molecule has 0 aliphatic carbocycles. The first-order valence-electron chi connectivity index (χ1n) is 6.89. The zero-order valence-electron chi connectivity index (χ0n) is 13.3. The lowest BCUT2D eigenvalue weighted by Gasteiger charge is -2.19. The fraction of sp³-hybridized carbons (Fsp3) is 0.357. The molecule has 7 nitrogen and oxygen atoms in total. The third-order valence-electron chi connectivity index (χ3n) is 3.20. The molecule has 0 aliphatic heterocycles. The minimum Gasteiger partial charge on any atom is -0.619 e. The van der Waals surface area contributed by atoms with Crippen LogP contribution in [-0.4, -0.2) is 38.4 Å². The second-order valence-corrected chi connectivity index (χ2v) is 8.98. The molecule has 0 fully saturated rings. The van der Waals surface area contributed by atoms with Gasteiger partial charge in [-0.15, -0.1) is 0 Å². The van der Waals surface area contributed by atoms with Crippen LogP contribution in [0.15, 0.2) is 24.5 Å². The molecule has 10 heteroatoms. The first-order chi connectivity index (χ1) is 11.1. The predicted octanol–water partition coefficient (Wildman–Crippen LogP) is 1.74. The summed E-state index contributed by atoms with van der Waals surface area (Å²) in [4.78, 5) is 17.9. The fourth-order valence-corrected chi connectivity index (χ4v) is 4.50. The van der Waals surface area contributed by atoms with Crippen LogP contribution in [0.2, 0.25) is 5.15 Å². The minimum absolute atomic E-state index is 0.124. The average molecular weight is 390 g/mol. The summed E-state index contributed by atoms with van der Waals surface area (Å²) in [5, 5.41) is 12.4. The van der Waals surface area contributed by atoms with Crippen LogP contribution in [0.4, 0.5) is 5.00 Å². The van der Waals surface area contributed by atoms with Gasteiger partial charge in [0.1, 0.15) is 19.8 Å². The third-order valence-corrected chi connectivity index (χ3v) is 5.86. The smallest absolute Gasteiger partial charge is 0.231 e. The van der Waals surface area contributed by atoms with E-state index < -0.39 is 15.8 Å². The van der Waals surface area contributed by atoms with Crippen molar-refractivity contribution in [2.24, 2.45) is 5.92 Å². The van der Waals surface area contributed by atoms with Crippen LogP contribution in [0.25, 0.3) is 10.6 Å². The summed E-state index contributed by atoms with van der Waals surface area (Å²) in [6, 6.07) is 3.29. The van der Waals surface area contributed by atoms with E-state index in [4.69, 9.17) is 11.6 Å². The Labute approximate surface area is 149 Å². The first kappa shape index (κ1) is 18.6. The summed E-state index contributed by atoms with van der Waals surface area (Å²) in [5.74, 6) is -1.31. The van der Waals surface area contributed by atoms with Gasteiger partial charge in [-0.05, 0) is 6.07 Å². The zero-order chi connectivity index (χ0) is 18.1. The number of hydrogen-bond acceptors (Lipinski definition) is 6. The fourth-order valence-electron chi connectivity index (χ4n) is 2.16. The number of carbonyl (C=O) groups is 1. The summed E-state index contributed by atoms with van der Waals surface area (Å²) in [7, 11) is -1.75. The minimum atomic E-state index is -3.27. The maximum Gasteiger partial charge on any atom is 0.231 e. The Hall–Kier alpha value is -1.71. The van der Waals surface area contributed by atoms with Crippen molar-refractivity contribution in [3.05, 3.63) is 34.9 Å². The Bertz CT molecular complexity index is 867. The van der Waals surface area contributed by atoms with Crippen molar-refractivity contribution >= 4 is 43.7 Å². The van der Waals surface area contributed by atoms with Crippen LogP contribution >= 0.6 is 22.9 Å². The number of aromatic nitrogens is 2. The maximum atomic E-state index is 12.4. The van der Waals surface area contributed by atoms with Crippen LogP contribution in [0.1, 0.15) is 6.92 Å². The van der Waals surface area contributed by atoms with E-state index in [1.807, 2.05) is 0 Å². The van der Waals surface area contributed by atoms with Gasteiger partial charge in [-0.25, -0.2) is 13.4 Å². The molecule has 2 aromatic heterocycles. The summed E-state index contributed by atoms with van der Waals surface area (Å²) < 4.78 is 23.4. The number of pyridine rings is 1. The molecule has 0 aliphatic rings. The van der Waals surface area contributed by atoms with Crippen LogP contribution in [0, 0.1) is 11.1 Å². The largest absolute Gasteiger partial charge is 0.619 e. The molecule has 1 amide bonds. The highest BCUT2D eigenvalue weighted by atomic mass is 35.5. The van der Waals surface area contributed by atoms with Gasteiger partial charge in [0.15, 0.2) is 17.5 Å². The van der Waals surface area contributed by atoms with E-state index in [1.54, 1.807) is 19.1 Å². The van der Waals surface area contributed by atoms with Crippen LogP contribution in [-0.2, 0) is 14.6 Å².